The number of hydrogen-bond donors (Lipinski definition) is 1. The van der Waals surface area contributed by atoms with Crippen molar-refractivity contribution in [1.29, 1.82) is 0 Å². The van der Waals surface area contributed by atoms with Crippen LogP contribution in [0.5, 0.6) is 0 Å². The second-order valence-electron chi connectivity index (χ2n) is 2.99. The van der Waals surface area contributed by atoms with Gasteiger partial charge >= 0.3 is 0 Å². The summed E-state index contributed by atoms with van der Waals surface area (Å²) >= 11 is -2.01. The Hall–Kier alpha value is 0.0300. The molecule has 72 valence electrons. The van der Waals surface area contributed by atoms with Gasteiger partial charge in [0.1, 0.15) is 0 Å². The first kappa shape index (κ1) is 10.1. The van der Waals surface area contributed by atoms with Crippen LogP contribution in [0.3, 0.4) is 0 Å². The molecule has 1 heterocycles. The summed E-state index contributed by atoms with van der Waals surface area (Å²) < 4.78 is 26.5. The fourth-order valence-electron chi connectivity index (χ4n) is 1.53. The molecule has 1 aliphatic heterocycles. The van der Waals surface area contributed by atoms with Gasteiger partial charge in [0.05, 0.1) is 5.60 Å². The summed E-state index contributed by atoms with van der Waals surface area (Å²) in [5.41, 5.74) is -0.457. The van der Waals surface area contributed by atoms with Crippen molar-refractivity contribution in [3.05, 3.63) is 0 Å². The maximum atomic E-state index is 10.5. The molecule has 5 heteroatoms. The third-order valence-electron chi connectivity index (χ3n) is 2.04. The van der Waals surface area contributed by atoms with E-state index >= 15 is 0 Å². The first-order valence-corrected chi connectivity index (χ1v) is 5.33. The second-order valence-corrected chi connectivity index (χ2v) is 3.89. The van der Waals surface area contributed by atoms with E-state index in [-0.39, 0.29) is 5.75 Å². The predicted octanol–water partition coefficient (Wildman–Crippen LogP) is -0.366. The molecule has 0 aliphatic carbocycles. The summed E-state index contributed by atoms with van der Waals surface area (Å²) in [6, 6.07) is 0. The SMILES string of the molecule is CCOC1(CS(=O)[O-])CCNC1. The highest BCUT2D eigenvalue weighted by molar-refractivity contribution is 7.79. The van der Waals surface area contributed by atoms with E-state index in [1.807, 2.05) is 6.92 Å². The molecule has 1 aliphatic rings. The van der Waals surface area contributed by atoms with Gasteiger partial charge in [-0.25, -0.2) is 0 Å². The molecule has 12 heavy (non-hydrogen) atoms. The van der Waals surface area contributed by atoms with E-state index in [0.717, 1.165) is 13.0 Å². The van der Waals surface area contributed by atoms with Crippen LogP contribution in [0.4, 0.5) is 0 Å². The van der Waals surface area contributed by atoms with Crippen LogP contribution in [0.25, 0.3) is 0 Å². The Kier molecular flexibility index (Phi) is 3.64. The Morgan fingerprint density at radius 2 is 2.50 bits per heavy atom. The monoisotopic (exact) mass is 192 g/mol. The van der Waals surface area contributed by atoms with E-state index in [4.69, 9.17) is 4.74 Å². The van der Waals surface area contributed by atoms with Crippen molar-refractivity contribution < 1.29 is 13.5 Å². The zero-order chi connectivity index (χ0) is 9.03. The normalized spacial score (nSPS) is 32.2. The number of nitrogens with one attached hydrogen (secondary N) is 1. The molecule has 0 bridgehead atoms. The van der Waals surface area contributed by atoms with Gasteiger partial charge in [-0.2, -0.15) is 0 Å². The van der Waals surface area contributed by atoms with Crippen molar-refractivity contribution in [3.63, 3.8) is 0 Å². The van der Waals surface area contributed by atoms with E-state index in [9.17, 15) is 8.76 Å². The summed E-state index contributed by atoms with van der Waals surface area (Å²) in [6.07, 6.45) is 0.787. The lowest BCUT2D eigenvalue weighted by Gasteiger charge is -2.28. The molecule has 0 radical (unpaired) electrons. The molecular formula is C7H14NO3S-. The Morgan fingerprint density at radius 1 is 1.75 bits per heavy atom. The minimum Gasteiger partial charge on any atom is -0.772 e. The highest BCUT2D eigenvalue weighted by Gasteiger charge is 2.34. The molecule has 4 nitrogen and oxygen atoms in total. The molecule has 1 rings (SSSR count). The minimum atomic E-state index is -2.01. The Labute approximate surface area is 75.0 Å². The molecule has 0 aromatic carbocycles. The van der Waals surface area contributed by atoms with E-state index in [0.29, 0.717) is 13.2 Å². The minimum absolute atomic E-state index is 0.105. The van der Waals surface area contributed by atoms with Crippen LogP contribution in [0.1, 0.15) is 13.3 Å². The Bertz CT molecular complexity index is 168. The van der Waals surface area contributed by atoms with Gasteiger partial charge in [-0.15, -0.1) is 0 Å². The van der Waals surface area contributed by atoms with Crippen LogP contribution in [-0.2, 0) is 15.8 Å². The quantitative estimate of drug-likeness (QED) is 0.618. The molecule has 1 N–H and O–H groups in total. The third-order valence-corrected chi connectivity index (χ3v) is 2.80. The van der Waals surface area contributed by atoms with E-state index < -0.39 is 16.7 Å². The van der Waals surface area contributed by atoms with Gasteiger partial charge in [0, 0.05) is 18.9 Å². The van der Waals surface area contributed by atoms with Gasteiger partial charge in [-0.05, 0) is 19.9 Å². The second kappa shape index (κ2) is 4.32. The molecule has 0 amide bonds. The molecule has 0 aromatic heterocycles. The van der Waals surface area contributed by atoms with Crippen molar-refractivity contribution in [3.8, 4) is 0 Å². The van der Waals surface area contributed by atoms with Crippen molar-refractivity contribution in [1.82, 2.24) is 5.32 Å². The molecule has 1 saturated heterocycles. The van der Waals surface area contributed by atoms with Gasteiger partial charge in [0.25, 0.3) is 0 Å². The summed E-state index contributed by atoms with van der Waals surface area (Å²) in [5.74, 6) is 0.105. The van der Waals surface area contributed by atoms with E-state index in [1.165, 1.54) is 0 Å². The first-order valence-electron chi connectivity index (χ1n) is 4.09. The van der Waals surface area contributed by atoms with Crippen LogP contribution in [-0.4, -0.2) is 39.8 Å². The Morgan fingerprint density at radius 3 is 2.92 bits per heavy atom. The first-order chi connectivity index (χ1) is 5.68. The fraction of sp³-hybridized carbons (Fsp3) is 1.00. The number of hydrogen-bond acceptors (Lipinski definition) is 4. The number of ether oxygens (including phenoxy) is 1. The largest absolute Gasteiger partial charge is 0.772 e. The fourth-order valence-corrected chi connectivity index (χ4v) is 2.29. The molecule has 2 unspecified atom stereocenters. The van der Waals surface area contributed by atoms with Gasteiger partial charge in [-0.3, -0.25) is 4.21 Å². The maximum absolute atomic E-state index is 10.5. The van der Waals surface area contributed by atoms with Crippen LogP contribution in [0.15, 0.2) is 0 Å². The molecule has 0 aromatic rings. The molecule has 2 atom stereocenters. The molecule has 1 fully saturated rings. The zero-order valence-corrected chi connectivity index (χ0v) is 7.99. The van der Waals surface area contributed by atoms with Crippen molar-refractivity contribution in [2.24, 2.45) is 0 Å². The average Bonchev–Trinajstić information content (AvgIpc) is 2.36. The van der Waals surface area contributed by atoms with Crippen molar-refractivity contribution in [2.45, 2.75) is 18.9 Å². The lowest BCUT2D eigenvalue weighted by molar-refractivity contribution is -0.00596. The smallest absolute Gasteiger partial charge is 0.0921 e. The lowest BCUT2D eigenvalue weighted by Crippen LogP contribution is -2.40. The standard InChI is InChI=1S/C7H15NO3S/c1-2-11-7(6-12(9)10)3-4-8-5-7/h8H,2-6H2,1H3,(H,9,10)/p-1. The van der Waals surface area contributed by atoms with E-state index in [1.54, 1.807) is 0 Å². The summed E-state index contributed by atoms with van der Waals surface area (Å²) in [5, 5.41) is 3.10. The molecule has 0 saturated carbocycles. The Balaban J connectivity index is 2.52. The van der Waals surface area contributed by atoms with Gasteiger partial charge in [-0.1, -0.05) is 11.1 Å². The molecule has 0 spiro atoms. The topological polar surface area (TPSA) is 61.4 Å². The van der Waals surface area contributed by atoms with Gasteiger partial charge in [0.15, 0.2) is 0 Å². The number of rotatable bonds is 4. The van der Waals surface area contributed by atoms with Crippen LogP contribution in [0.2, 0.25) is 0 Å². The van der Waals surface area contributed by atoms with Crippen LogP contribution in [0, 0.1) is 0 Å². The molecular weight excluding hydrogens is 178 g/mol. The predicted molar refractivity (Wildman–Crippen MR) is 45.6 cm³/mol. The van der Waals surface area contributed by atoms with E-state index in [2.05, 4.69) is 5.32 Å². The highest BCUT2D eigenvalue weighted by atomic mass is 32.2. The summed E-state index contributed by atoms with van der Waals surface area (Å²) in [6.45, 7) is 3.94. The average molecular weight is 192 g/mol. The highest BCUT2D eigenvalue weighted by Crippen LogP contribution is 2.20. The lowest BCUT2D eigenvalue weighted by atomic mass is 10.1. The zero-order valence-electron chi connectivity index (χ0n) is 7.17. The maximum Gasteiger partial charge on any atom is 0.0921 e. The third kappa shape index (κ3) is 2.52. The van der Waals surface area contributed by atoms with Gasteiger partial charge in [0.2, 0.25) is 0 Å². The van der Waals surface area contributed by atoms with Gasteiger partial charge < -0.3 is 14.6 Å². The van der Waals surface area contributed by atoms with Crippen LogP contribution >= 0.6 is 0 Å². The summed E-state index contributed by atoms with van der Waals surface area (Å²) in [4.78, 5) is 0. The summed E-state index contributed by atoms with van der Waals surface area (Å²) in [7, 11) is 0. The van der Waals surface area contributed by atoms with Crippen molar-refractivity contribution in [2.75, 3.05) is 25.4 Å². The van der Waals surface area contributed by atoms with Crippen molar-refractivity contribution >= 4 is 11.1 Å². The van der Waals surface area contributed by atoms with Crippen LogP contribution < -0.4 is 5.32 Å².